The molecule has 2 rings (SSSR count). The summed E-state index contributed by atoms with van der Waals surface area (Å²) < 4.78 is 12.9. The number of aliphatic hydroxyl groups is 1. The lowest BCUT2D eigenvalue weighted by Crippen LogP contribution is -2.18. The van der Waals surface area contributed by atoms with E-state index in [1.807, 2.05) is 13.8 Å². The number of halogens is 1. The molecule has 4 nitrogen and oxygen atoms in total. The Labute approximate surface area is 110 Å². The van der Waals surface area contributed by atoms with Crippen LogP contribution in [0, 0.1) is 5.82 Å². The highest BCUT2D eigenvalue weighted by atomic mass is 19.1. The molecule has 0 aliphatic heterocycles. The van der Waals surface area contributed by atoms with Gasteiger partial charge in [-0.15, -0.1) is 0 Å². The van der Waals surface area contributed by atoms with E-state index in [0.29, 0.717) is 22.5 Å². The Kier molecular flexibility index (Phi) is 3.76. The molecule has 0 unspecified atom stereocenters. The molecule has 0 aliphatic rings. The van der Waals surface area contributed by atoms with E-state index in [0.717, 1.165) is 0 Å². The summed E-state index contributed by atoms with van der Waals surface area (Å²) in [7, 11) is 0. The van der Waals surface area contributed by atoms with Crippen LogP contribution >= 0.6 is 0 Å². The van der Waals surface area contributed by atoms with Crippen molar-refractivity contribution in [3.05, 3.63) is 51.8 Å². The van der Waals surface area contributed by atoms with Crippen molar-refractivity contribution < 1.29 is 9.50 Å². The van der Waals surface area contributed by atoms with E-state index in [9.17, 15) is 14.3 Å². The van der Waals surface area contributed by atoms with Crippen LogP contribution in [0.2, 0.25) is 0 Å². The molecule has 0 atom stereocenters. The first kappa shape index (κ1) is 13.4. The minimum absolute atomic E-state index is 0.0528. The molecule has 0 fully saturated rings. The summed E-state index contributed by atoms with van der Waals surface area (Å²) in [6, 6.07) is 5.68. The smallest absolute Gasteiger partial charge is 0.345 e. The number of hydrogen-bond acceptors (Lipinski definition) is 3. The van der Waals surface area contributed by atoms with Gasteiger partial charge in [-0.1, -0.05) is 13.8 Å². The summed E-state index contributed by atoms with van der Waals surface area (Å²) >= 11 is 0. The quantitative estimate of drug-likeness (QED) is 0.891. The van der Waals surface area contributed by atoms with E-state index in [1.165, 1.54) is 12.1 Å². The molecule has 2 N–H and O–H groups in total. The molecule has 0 bridgehead atoms. The Hall–Kier alpha value is -2.01. The molecule has 2 aromatic rings. The molecule has 0 aliphatic carbocycles. The first-order valence-corrected chi connectivity index (χ1v) is 6.02. The second-order valence-electron chi connectivity index (χ2n) is 4.60. The Morgan fingerprint density at radius 1 is 1.32 bits per heavy atom. The van der Waals surface area contributed by atoms with Gasteiger partial charge in [-0.25, -0.2) is 9.18 Å². The van der Waals surface area contributed by atoms with Gasteiger partial charge in [-0.2, -0.15) is 4.98 Å². The monoisotopic (exact) mass is 262 g/mol. The number of nitrogens with zero attached hydrogens (tertiary/aromatic N) is 1. The Bertz CT molecular complexity index is 633. The number of benzene rings is 1. The maximum Gasteiger partial charge on any atom is 0.345 e. The van der Waals surface area contributed by atoms with Crippen molar-refractivity contribution in [1.29, 1.82) is 0 Å². The van der Waals surface area contributed by atoms with E-state index in [2.05, 4.69) is 9.97 Å². The second kappa shape index (κ2) is 5.32. The third-order valence-electron chi connectivity index (χ3n) is 2.92. The highest BCUT2D eigenvalue weighted by molar-refractivity contribution is 5.63. The highest BCUT2D eigenvalue weighted by Crippen LogP contribution is 2.25. The summed E-state index contributed by atoms with van der Waals surface area (Å²) in [6.07, 6.45) is 0. The summed E-state index contributed by atoms with van der Waals surface area (Å²) in [5, 5.41) is 9.52. The molecular formula is C14H15FN2O2. The highest BCUT2D eigenvalue weighted by Gasteiger charge is 2.15. The fourth-order valence-electron chi connectivity index (χ4n) is 2.01. The lowest BCUT2D eigenvalue weighted by molar-refractivity contribution is 0.279. The maximum atomic E-state index is 12.9. The standard InChI is InChI=1S/C14H15FN2O2/c1-8(2)12-11(7-18)13(17-14(19)16-12)9-3-5-10(15)6-4-9/h3-6,8,18H,7H2,1-2H3,(H,16,17,19). The minimum atomic E-state index is -0.472. The fraction of sp³-hybridized carbons (Fsp3) is 0.286. The zero-order valence-corrected chi connectivity index (χ0v) is 10.8. The molecule has 1 aromatic carbocycles. The van der Waals surface area contributed by atoms with Gasteiger partial charge < -0.3 is 10.1 Å². The lowest BCUT2D eigenvalue weighted by Gasteiger charge is -2.14. The fourth-order valence-corrected chi connectivity index (χ4v) is 2.01. The van der Waals surface area contributed by atoms with Gasteiger partial charge in [0.05, 0.1) is 12.3 Å². The molecule has 0 saturated carbocycles. The van der Waals surface area contributed by atoms with Crippen LogP contribution in [0.25, 0.3) is 11.3 Å². The van der Waals surface area contributed by atoms with Gasteiger partial charge in [0, 0.05) is 16.8 Å². The molecular weight excluding hydrogens is 247 g/mol. The largest absolute Gasteiger partial charge is 0.392 e. The SMILES string of the molecule is CC(C)c1[nH]c(=O)nc(-c2ccc(F)cc2)c1CO. The second-order valence-corrected chi connectivity index (χ2v) is 4.60. The normalized spacial score (nSPS) is 11.0. The van der Waals surface area contributed by atoms with E-state index in [4.69, 9.17) is 0 Å². The zero-order chi connectivity index (χ0) is 14.0. The van der Waals surface area contributed by atoms with Crippen LogP contribution < -0.4 is 5.69 Å². The maximum absolute atomic E-state index is 12.9. The minimum Gasteiger partial charge on any atom is -0.392 e. The lowest BCUT2D eigenvalue weighted by atomic mass is 9.99. The van der Waals surface area contributed by atoms with Gasteiger partial charge in [-0.3, -0.25) is 0 Å². The summed E-state index contributed by atoms with van der Waals surface area (Å²) in [5.41, 5.74) is 1.76. The average Bonchev–Trinajstić information content (AvgIpc) is 2.38. The van der Waals surface area contributed by atoms with Gasteiger partial charge in [0.15, 0.2) is 0 Å². The molecule has 0 spiro atoms. The van der Waals surface area contributed by atoms with Gasteiger partial charge in [-0.05, 0) is 30.2 Å². The van der Waals surface area contributed by atoms with Gasteiger partial charge >= 0.3 is 5.69 Å². The number of aromatic nitrogens is 2. The van der Waals surface area contributed by atoms with Crippen molar-refractivity contribution in [3.63, 3.8) is 0 Å². The predicted octanol–water partition coefficient (Wildman–Crippen LogP) is 2.19. The van der Waals surface area contributed by atoms with E-state index < -0.39 is 5.69 Å². The summed E-state index contributed by atoms with van der Waals surface area (Å²) in [5.74, 6) is -0.305. The van der Waals surface area contributed by atoms with Crippen LogP contribution in [-0.2, 0) is 6.61 Å². The topological polar surface area (TPSA) is 66.0 Å². The molecule has 0 radical (unpaired) electrons. The first-order valence-electron chi connectivity index (χ1n) is 6.02. The van der Waals surface area contributed by atoms with Crippen molar-refractivity contribution in [2.75, 3.05) is 0 Å². The molecule has 1 heterocycles. The zero-order valence-electron chi connectivity index (χ0n) is 10.8. The first-order chi connectivity index (χ1) is 9.02. The molecule has 100 valence electrons. The molecule has 1 aromatic heterocycles. The van der Waals surface area contributed by atoms with Crippen molar-refractivity contribution in [2.45, 2.75) is 26.4 Å². The molecule has 5 heteroatoms. The molecule has 19 heavy (non-hydrogen) atoms. The summed E-state index contributed by atoms with van der Waals surface area (Å²) in [4.78, 5) is 18.1. The number of hydrogen-bond donors (Lipinski definition) is 2. The van der Waals surface area contributed by atoms with E-state index >= 15 is 0 Å². The number of aromatic amines is 1. The third-order valence-corrected chi connectivity index (χ3v) is 2.92. The van der Waals surface area contributed by atoms with Crippen LogP contribution in [-0.4, -0.2) is 15.1 Å². The van der Waals surface area contributed by atoms with Crippen LogP contribution in [0.3, 0.4) is 0 Å². The van der Waals surface area contributed by atoms with Gasteiger partial charge in [0.25, 0.3) is 0 Å². The Morgan fingerprint density at radius 2 is 1.95 bits per heavy atom. The number of aliphatic hydroxyl groups excluding tert-OH is 1. The van der Waals surface area contributed by atoms with Gasteiger partial charge in [0.1, 0.15) is 5.82 Å². The van der Waals surface area contributed by atoms with Crippen LogP contribution in [0.1, 0.15) is 31.0 Å². The molecule has 0 amide bonds. The van der Waals surface area contributed by atoms with Crippen molar-refractivity contribution in [3.8, 4) is 11.3 Å². The van der Waals surface area contributed by atoms with Gasteiger partial charge in [0.2, 0.25) is 0 Å². The van der Waals surface area contributed by atoms with Crippen LogP contribution in [0.5, 0.6) is 0 Å². The average molecular weight is 262 g/mol. The third kappa shape index (κ3) is 2.71. The number of H-pyrrole nitrogens is 1. The van der Waals surface area contributed by atoms with Crippen LogP contribution in [0.4, 0.5) is 4.39 Å². The summed E-state index contributed by atoms with van der Waals surface area (Å²) in [6.45, 7) is 3.60. The predicted molar refractivity (Wildman–Crippen MR) is 70.3 cm³/mol. The van der Waals surface area contributed by atoms with Crippen molar-refractivity contribution in [1.82, 2.24) is 9.97 Å². The Balaban J connectivity index is 2.68. The number of nitrogens with one attached hydrogen (secondary N) is 1. The van der Waals surface area contributed by atoms with Crippen molar-refractivity contribution >= 4 is 0 Å². The van der Waals surface area contributed by atoms with Crippen LogP contribution in [0.15, 0.2) is 29.1 Å². The Morgan fingerprint density at radius 3 is 2.47 bits per heavy atom. The van der Waals surface area contributed by atoms with E-state index in [1.54, 1.807) is 12.1 Å². The molecule has 0 saturated heterocycles. The number of rotatable bonds is 3. The van der Waals surface area contributed by atoms with E-state index in [-0.39, 0.29) is 18.3 Å². The van der Waals surface area contributed by atoms with Crippen molar-refractivity contribution in [2.24, 2.45) is 0 Å².